The lowest BCUT2D eigenvalue weighted by atomic mass is 9.98. The summed E-state index contributed by atoms with van der Waals surface area (Å²) in [5.74, 6) is -0.949. The quantitative estimate of drug-likeness (QED) is 0.318. The topological polar surface area (TPSA) is 70.7 Å². The summed E-state index contributed by atoms with van der Waals surface area (Å²) in [5, 5.41) is 6.25. The molecule has 0 aromatic heterocycles. The van der Waals surface area contributed by atoms with Gasteiger partial charge in [-0.1, -0.05) is 36.4 Å². The first-order valence-corrected chi connectivity index (χ1v) is 12.6. The third kappa shape index (κ3) is 5.73. The standard InChI is InChI=1S/C30H30FN3O3/c1-37-27(35)15-8-20-4-9-22(10-5-20)29(28-25-14-11-23(31)18-26(25)33-30(28)36)32-24-12-6-21(7-13-24)19-34-16-2-3-17-34/h4-7,9-14,18,32H,2-3,8,15-17,19H2,1H3,(H,33,36). The lowest BCUT2D eigenvalue weighted by Crippen LogP contribution is -2.18. The van der Waals surface area contributed by atoms with E-state index in [0.717, 1.165) is 36.4 Å². The summed E-state index contributed by atoms with van der Waals surface area (Å²) >= 11 is 0. The molecule has 3 aromatic rings. The van der Waals surface area contributed by atoms with Crippen molar-refractivity contribution in [3.05, 3.63) is 94.8 Å². The van der Waals surface area contributed by atoms with Gasteiger partial charge in [-0.15, -0.1) is 0 Å². The molecule has 1 saturated heterocycles. The second-order valence-electron chi connectivity index (χ2n) is 9.47. The lowest BCUT2D eigenvalue weighted by molar-refractivity contribution is -0.140. The van der Waals surface area contributed by atoms with Crippen molar-refractivity contribution in [3.63, 3.8) is 0 Å². The van der Waals surface area contributed by atoms with Crippen LogP contribution in [0.4, 0.5) is 15.8 Å². The van der Waals surface area contributed by atoms with E-state index in [1.54, 1.807) is 6.07 Å². The minimum Gasteiger partial charge on any atom is -0.469 e. The van der Waals surface area contributed by atoms with E-state index >= 15 is 0 Å². The highest BCUT2D eigenvalue weighted by Gasteiger charge is 2.29. The predicted molar refractivity (Wildman–Crippen MR) is 143 cm³/mol. The van der Waals surface area contributed by atoms with Crippen molar-refractivity contribution in [1.82, 2.24) is 4.90 Å². The first kappa shape index (κ1) is 24.7. The van der Waals surface area contributed by atoms with Crippen LogP contribution >= 0.6 is 0 Å². The van der Waals surface area contributed by atoms with Crippen molar-refractivity contribution in [3.8, 4) is 0 Å². The largest absolute Gasteiger partial charge is 0.469 e. The molecule has 190 valence electrons. The molecule has 0 aliphatic carbocycles. The van der Waals surface area contributed by atoms with Crippen LogP contribution in [0.2, 0.25) is 0 Å². The maximum absolute atomic E-state index is 13.9. The van der Waals surface area contributed by atoms with Crippen LogP contribution in [0.25, 0.3) is 11.3 Å². The number of hydrogen-bond acceptors (Lipinski definition) is 5. The number of carbonyl (C=O) groups excluding carboxylic acids is 2. The average molecular weight is 500 g/mol. The van der Waals surface area contributed by atoms with E-state index in [1.807, 2.05) is 36.4 Å². The van der Waals surface area contributed by atoms with Gasteiger partial charge >= 0.3 is 5.97 Å². The number of aryl methyl sites for hydroxylation is 1. The molecule has 2 N–H and O–H groups in total. The number of nitrogens with one attached hydrogen (secondary N) is 2. The smallest absolute Gasteiger partial charge is 0.305 e. The van der Waals surface area contributed by atoms with Crippen LogP contribution in [-0.2, 0) is 27.3 Å². The Hall–Kier alpha value is -3.97. The van der Waals surface area contributed by atoms with Gasteiger partial charge in [0.1, 0.15) is 5.82 Å². The van der Waals surface area contributed by atoms with E-state index in [4.69, 9.17) is 4.74 Å². The Bertz CT molecular complexity index is 1330. The summed E-state index contributed by atoms with van der Waals surface area (Å²) in [6.07, 6.45) is 3.37. The minimum atomic E-state index is -0.404. The van der Waals surface area contributed by atoms with E-state index in [9.17, 15) is 14.0 Å². The molecule has 3 aromatic carbocycles. The number of rotatable bonds is 8. The minimum absolute atomic E-state index is 0.256. The van der Waals surface area contributed by atoms with E-state index in [-0.39, 0.29) is 11.9 Å². The first-order valence-electron chi connectivity index (χ1n) is 12.6. The molecule has 0 spiro atoms. The molecule has 0 saturated carbocycles. The normalized spacial score (nSPS) is 16.3. The zero-order chi connectivity index (χ0) is 25.8. The van der Waals surface area contributed by atoms with Gasteiger partial charge in [0, 0.05) is 24.2 Å². The maximum atomic E-state index is 13.9. The first-order chi connectivity index (χ1) is 18.0. The SMILES string of the molecule is COC(=O)CCc1ccc(C(Nc2ccc(CN3CCCC3)cc2)=C2C(=O)Nc3cc(F)ccc32)cc1. The zero-order valence-corrected chi connectivity index (χ0v) is 20.9. The van der Waals surface area contributed by atoms with Crippen LogP contribution in [0, 0.1) is 5.82 Å². The molecule has 2 heterocycles. The number of amides is 1. The summed E-state index contributed by atoms with van der Waals surface area (Å²) in [7, 11) is 1.38. The molecule has 0 bridgehead atoms. The summed E-state index contributed by atoms with van der Waals surface area (Å²) in [4.78, 5) is 27.1. The van der Waals surface area contributed by atoms with Gasteiger partial charge in [-0.3, -0.25) is 14.5 Å². The van der Waals surface area contributed by atoms with Gasteiger partial charge in [-0.2, -0.15) is 0 Å². The molecule has 7 heteroatoms. The van der Waals surface area contributed by atoms with Crippen molar-refractivity contribution in [1.29, 1.82) is 0 Å². The number of likely N-dealkylation sites (tertiary alicyclic amines) is 1. The Labute approximate surface area is 216 Å². The molecular formula is C30H30FN3O3. The third-order valence-electron chi connectivity index (χ3n) is 6.89. The highest BCUT2D eigenvalue weighted by atomic mass is 19.1. The monoisotopic (exact) mass is 499 g/mol. The lowest BCUT2D eigenvalue weighted by Gasteiger charge is -2.17. The van der Waals surface area contributed by atoms with Crippen LogP contribution in [-0.4, -0.2) is 37.0 Å². The van der Waals surface area contributed by atoms with Crippen LogP contribution in [0.5, 0.6) is 0 Å². The highest BCUT2D eigenvalue weighted by Crippen LogP contribution is 2.38. The van der Waals surface area contributed by atoms with Crippen LogP contribution in [0.15, 0.2) is 66.7 Å². The van der Waals surface area contributed by atoms with Gasteiger partial charge in [0.25, 0.3) is 5.91 Å². The number of fused-ring (bicyclic) bond motifs is 1. The fraction of sp³-hybridized carbons (Fsp3) is 0.267. The number of halogens is 1. The van der Waals surface area contributed by atoms with Crippen LogP contribution in [0.1, 0.15) is 41.5 Å². The Balaban J connectivity index is 1.46. The highest BCUT2D eigenvalue weighted by molar-refractivity contribution is 6.37. The number of methoxy groups -OCH3 is 1. The molecular weight excluding hydrogens is 469 g/mol. The molecule has 2 aliphatic rings. The number of carbonyl (C=O) groups is 2. The van der Waals surface area contributed by atoms with Crippen molar-refractivity contribution >= 4 is 34.5 Å². The summed E-state index contributed by atoms with van der Waals surface area (Å²) in [6.45, 7) is 3.21. The van der Waals surface area contributed by atoms with E-state index < -0.39 is 5.82 Å². The Morgan fingerprint density at radius 2 is 1.70 bits per heavy atom. The van der Waals surface area contributed by atoms with Crippen LogP contribution in [0.3, 0.4) is 0 Å². The van der Waals surface area contributed by atoms with Gasteiger partial charge in [0.2, 0.25) is 0 Å². The van der Waals surface area contributed by atoms with Gasteiger partial charge in [-0.05, 0) is 79.4 Å². The number of benzene rings is 3. The fourth-order valence-corrected chi connectivity index (χ4v) is 4.90. The molecule has 2 aliphatic heterocycles. The predicted octanol–water partition coefficient (Wildman–Crippen LogP) is 5.46. The van der Waals surface area contributed by atoms with Crippen molar-refractivity contribution < 1.29 is 18.7 Å². The summed E-state index contributed by atoms with van der Waals surface area (Å²) in [6, 6.07) is 20.3. The molecule has 6 nitrogen and oxygen atoms in total. The summed E-state index contributed by atoms with van der Waals surface area (Å²) < 4.78 is 18.6. The van der Waals surface area contributed by atoms with E-state index in [0.29, 0.717) is 35.4 Å². The number of hydrogen-bond donors (Lipinski definition) is 2. The van der Waals surface area contributed by atoms with Gasteiger partial charge < -0.3 is 15.4 Å². The molecule has 0 radical (unpaired) electrons. The van der Waals surface area contributed by atoms with E-state index in [2.05, 4.69) is 27.7 Å². The second-order valence-corrected chi connectivity index (χ2v) is 9.47. The Kier molecular flexibility index (Phi) is 7.32. The third-order valence-corrected chi connectivity index (χ3v) is 6.89. The molecule has 0 unspecified atom stereocenters. The molecule has 5 rings (SSSR count). The molecule has 37 heavy (non-hydrogen) atoms. The molecule has 0 atom stereocenters. The van der Waals surface area contributed by atoms with Crippen molar-refractivity contribution in [2.75, 3.05) is 30.8 Å². The van der Waals surface area contributed by atoms with Gasteiger partial charge in [0.15, 0.2) is 0 Å². The van der Waals surface area contributed by atoms with Crippen molar-refractivity contribution in [2.24, 2.45) is 0 Å². The molecule has 1 amide bonds. The molecule has 1 fully saturated rings. The number of ether oxygens (including phenoxy) is 1. The number of esters is 1. The Morgan fingerprint density at radius 1 is 1.00 bits per heavy atom. The van der Waals surface area contributed by atoms with Crippen molar-refractivity contribution in [2.45, 2.75) is 32.2 Å². The van der Waals surface area contributed by atoms with Gasteiger partial charge in [-0.25, -0.2) is 4.39 Å². The zero-order valence-electron chi connectivity index (χ0n) is 20.9. The number of anilines is 2. The average Bonchev–Trinajstić information content (AvgIpc) is 3.53. The maximum Gasteiger partial charge on any atom is 0.305 e. The van der Waals surface area contributed by atoms with Crippen LogP contribution < -0.4 is 10.6 Å². The Morgan fingerprint density at radius 3 is 2.41 bits per heavy atom. The summed E-state index contributed by atoms with van der Waals surface area (Å²) in [5.41, 5.74) is 6.09. The van der Waals surface area contributed by atoms with E-state index in [1.165, 1.54) is 37.6 Å². The second kappa shape index (κ2) is 11.0. The van der Waals surface area contributed by atoms with Gasteiger partial charge in [0.05, 0.1) is 24.1 Å². The fourth-order valence-electron chi connectivity index (χ4n) is 4.90. The number of nitrogens with zero attached hydrogens (tertiary/aromatic N) is 1.